The molecule has 3 heterocycles. The molecular formula is C16H22N2O4S. The van der Waals surface area contributed by atoms with Crippen LogP contribution < -0.4 is 0 Å². The maximum atomic E-state index is 12.4. The summed E-state index contributed by atoms with van der Waals surface area (Å²) >= 11 is 0. The summed E-state index contributed by atoms with van der Waals surface area (Å²) in [5, 5.41) is -0.142. The summed E-state index contributed by atoms with van der Waals surface area (Å²) in [6.45, 7) is 2.12. The monoisotopic (exact) mass is 338 g/mol. The van der Waals surface area contributed by atoms with Crippen LogP contribution in [-0.4, -0.2) is 54.4 Å². The predicted molar refractivity (Wildman–Crippen MR) is 84.2 cm³/mol. The van der Waals surface area contributed by atoms with Gasteiger partial charge in [-0.2, -0.15) is 4.31 Å². The Labute approximate surface area is 136 Å². The molecule has 7 heteroatoms. The van der Waals surface area contributed by atoms with Crippen LogP contribution in [0.1, 0.15) is 31.2 Å². The van der Waals surface area contributed by atoms with E-state index in [4.69, 9.17) is 9.47 Å². The van der Waals surface area contributed by atoms with Crippen LogP contribution >= 0.6 is 0 Å². The van der Waals surface area contributed by atoms with Gasteiger partial charge in [0, 0.05) is 31.9 Å². The van der Waals surface area contributed by atoms with Gasteiger partial charge in [0.25, 0.3) is 0 Å². The predicted octanol–water partition coefficient (Wildman–Crippen LogP) is 1.32. The van der Waals surface area contributed by atoms with Gasteiger partial charge in [-0.15, -0.1) is 0 Å². The van der Waals surface area contributed by atoms with Crippen molar-refractivity contribution in [2.75, 3.05) is 19.7 Å². The maximum Gasteiger partial charge on any atom is 0.217 e. The molecule has 0 amide bonds. The topological polar surface area (TPSA) is 68.7 Å². The number of nitrogens with zero attached hydrogens (tertiary/aromatic N) is 2. The van der Waals surface area contributed by atoms with Crippen molar-refractivity contribution in [1.82, 2.24) is 9.29 Å². The molecule has 0 aromatic carbocycles. The molecule has 3 aliphatic rings. The highest BCUT2D eigenvalue weighted by molar-refractivity contribution is 7.90. The van der Waals surface area contributed by atoms with Gasteiger partial charge in [-0.1, -0.05) is 6.07 Å². The highest BCUT2D eigenvalue weighted by Crippen LogP contribution is 2.40. The van der Waals surface area contributed by atoms with Gasteiger partial charge in [-0.3, -0.25) is 4.98 Å². The second-order valence-corrected chi connectivity index (χ2v) is 9.03. The minimum atomic E-state index is -3.10. The molecule has 0 bridgehead atoms. The number of ether oxygens (including phenoxy) is 2. The van der Waals surface area contributed by atoms with Crippen molar-refractivity contribution in [3.8, 4) is 0 Å². The summed E-state index contributed by atoms with van der Waals surface area (Å²) in [6.07, 6.45) is 6.72. The molecule has 1 aromatic rings. The molecule has 1 aliphatic carbocycles. The molecule has 2 atom stereocenters. The summed E-state index contributed by atoms with van der Waals surface area (Å²) in [7, 11) is -3.10. The van der Waals surface area contributed by atoms with Crippen molar-refractivity contribution in [2.24, 2.45) is 0 Å². The smallest absolute Gasteiger partial charge is 0.217 e. The quantitative estimate of drug-likeness (QED) is 0.810. The highest BCUT2D eigenvalue weighted by Gasteiger charge is 2.51. The van der Waals surface area contributed by atoms with E-state index in [1.807, 2.05) is 12.1 Å². The van der Waals surface area contributed by atoms with Crippen molar-refractivity contribution in [3.05, 3.63) is 30.1 Å². The van der Waals surface area contributed by atoms with Crippen LogP contribution in [0.2, 0.25) is 0 Å². The lowest BCUT2D eigenvalue weighted by atomic mass is 9.98. The normalized spacial score (nSPS) is 31.9. The number of aromatic nitrogens is 1. The highest BCUT2D eigenvalue weighted by atomic mass is 32.2. The Morgan fingerprint density at radius 1 is 1.43 bits per heavy atom. The third-order valence-electron chi connectivity index (χ3n) is 4.97. The van der Waals surface area contributed by atoms with Crippen molar-refractivity contribution in [1.29, 1.82) is 0 Å². The van der Waals surface area contributed by atoms with Gasteiger partial charge < -0.3 is 9.47 Å². The third-order valence-corrected chi connectivity index (χ3v) is 7.32. The second kappa shape index (κ2) is 5.81. The maximum absolute atomic E-state index is 12.4. The first-order valence-electron chi connectivity index (χ1n) is 8.21. The Bertz CT molecular complexity index is 662. The molecule has 126 valence electrons. The van der Waals surface area contributed by atoms with E-state index in [1.165, 1.54) is 0 Å². The molecule has 23 heavy (non-hydrogen) atoms. The van der Waals surface area contributed by atoms with Crippen LogP contribution in [0.15, 0.2) is 24.5 Å². The van der Waals surface area contributed by atoms with E-state index in [2.05, 4.69) is 4.98 Å². The molecule has 1 saturated carbocycles. The number of hydrogen-bond acceptors (Lipinski definition) is 5. The molecule has 1 aromatic heterocycles. The van der Waals surface area contributed by atoms with Crippen LogP contribution in [0.3, 0.4) is 0 Å². The van der Waals surface area contributed by atoms with Gasteiger partial charge in [-0.05, 0) is 30.9 Å². The third kappa shape index (κ3) is 3.15. The zero-order chi connectivity index (χ0) is 15.9. The van der Waals surface area contributed by atoms with E-state index in [0.29, 0.717) is 26.3 Å². The van der Waals surface area contributed by atoms with Gasteiger partial charge in [0.2, 0.25) is 10.0 Å². The molecule has 1 spiro atoms. The summed E-state index contributed by atoms with van der Waals surface area (Å²) in [5.41, 5.74) is 0.694. The zero-order valence-corrected chi connectivity index (χ0v) is 13.9. The minimum absolute atomic E-state index is 0.0267. The lowest BCUT2D eigenvalue weighted by molar-refractivity contribution is 0.00270. The fourth-order valence-electron chi connectivity index (χ4n) is 3.49. The molecule has 0 N–H and O–H groups in total. The Morgan fingerprint density at radius 3 is 3.04 bits per heavy atom. The van der Waals surface area contributed by atoms with Gasteiger partial charge in [0.05, 0.1) is 30.2 Å². The largest absolute Gasteiger partial charge is 0.371 e. The van der Waals surface area contributed by atoms with E-state index < -0.39 is 10.0 Å². The van der Waals surface area contributed by atoms with E-state index in [9.17, 15) is 8.42 Å². The molecule has 2 saturated heterocycles. The first kappa shape index (κ1) is 15.5. The molecule has 0 radical (unpaired) electrons. The van der Waals surface area contributed by atoms with Crippen molar-refractivity contribution in [3.63, 3.8) is 0 Å². The van der Waals surface area contributed by atoms with E-state index in [-0.39, 0.29) is 17.0 Å². The molecule has 0 unspecified atom stereocenters. The van der Waals surface area contributed by atoms with Gasteiger partial charge in [0.15, 0.2) is 0 Å². The molecule has 4 rings (SSSR count). The van der Waals surface area contributed by atoms with E-state index in [1.54, 1.807) is 16.7 Å². The number of pyridine rings is 1. The average Bonchev–Trinajstić information content (AvgIpc) is 3.24. The Kier molecular flexibility index (Phi) is 3.91. The van der Waals surface area contributed by atoms with Crippen molar-refractivity contribution >= 4 is 10.0 Å². The lowest BCUT2D eigenvalue weighted by Crippen LogP contribution is -2.37. The van der Waals surface area contributed by atoms with Crippen LogP contribution in [0.4, 0.5) is 0 Å². The summed E-state index contributed by atoms with van der Waals surface area (Å²) in [6, 6.07) is 3.88. The Balaban J connectivity index is 1.33. The Hall–Kier alpha value is -1.02. The average molecular weight is 338 g/mol. The van der Waals surface area contributed by atoms with Crippen LogP contribution in [0.25, 0.3) is 0 Å². The van der Waals surface area contributed by atoms with Gasteiger partial charge >= 0.3 is 0 Å². The number of hydrogen-bond donors (Lipinski definition) is 0. The SMILES string of the molecule is O=S(=O)(C1CC1)N1CC[C@]2(C[C@@H](OCc3cccnc3)CO2)C1. The van der Waals surface area contributed by atoms with Crippen molar-refractivity contribution < 1.29 is 17.9 Å². The number of sulfonamides is 1. The van der Waals surface area contributed by atoms with Gasteiger partial charge in [-0.25, -0.2) is 8.42 Å². The first-order valence-corrected chi connectivity index (χ1v) is 9.71. The molecule has 6 nitrogen and oxygen atoms in total. The first-order chi connectivity index (χ1) is 11.1. The van der Waals surface area contributed by atoms with Crippen LogP contribution in [-0.2, 0) is 26.1 Å². The minimum Gasteiger partial charge on any atom is -0.371 e. The van der Waals surface area contributed by atoms with Crippen LogP contribution in [0.5, 0.6) is 0 Å². The second-order valence-electron chi connectivity index (χ2n) is 6.82. The fourth-order valence-corrected chi connectivity index (χ4v) is 5.41. The van der Waals surface area contributed by atoms with Crippen molar-refractivity contribution in [2.45, 2.75) is 49.2 Å². The molecule has 2 aliphatic heterocycles. The summed E-state index contributed by atoms with van der Waals surface area (Å²) in [4.78, 5) is 4.08. The van der Waals surface area contributed by atoms with Gasteiger partial charge in [0.1, 0.15) is 0 Å². The summed E-state index contributed by atoms with van der Waals surface area (Å²) < 4.78 is 38.3. The summed E-state index contributed by atoms with van der Waals surface area (Å²) in [5.74, 6) is 0. The fraction of sp³-hybridized carbons (Fsp3) is 0.688. The molecular weight excluding hydrogens is 316 g/mol. The lowest BCUT2D eigenvalue weighted by Gasteiger charge is -2.23. The standard InChI is InChI=1S/C16H22N2O4S/c19-23(20,15-3-4-15)18-7-5-16(12-18)8-14(11-22-16)21-10-13-2-1-6-17-9-13/h1-2,6,9,14-15H,3-5,7-8,10-12H2/t14-,16+/m1/s1. The molecule has 3 fully saturated rings. The van der Waals surface area contributed by atoms with E-state index >= 15 is 0 Å². The Morgan fingerprint density at radius 2 is 2.30 bits per heavy atom. The number of rotatable bonds is 5. The van der Waals surface area contributed by atoms with Crippen LogP contribution in [0, 0.1) is 0 Å². The van der Waals surface area contributed by atoms with E-state index in [0.717, 1.165) is 31.2 Å². The zero-order valence-electron chi connectivity index (χ0n) is 13.1.